The molecule has 18 nitrogen and oxygen atoms in total. The van der Waals surface area contributed by atoms with Gasteiger partial charge in [-0.2, -0.15) is 10.5 Å². The Hall–Kier alpha value is -6.58. The number of aliphatic hydroxyl groups excluding tert-OH is 1. The minimum atomic E-state index is -0.462. The van der Waals surface area contributed by atoms with E-state index in [1.165, 1.54) is 22.3 Å². The fourth-order valence-corrected chi connectivity index (χ4v) is 15.0. The predicted molar refractivity (Wildman–Crippen MR) is 298 cm³/mol. The summed E-state index contributed by atoms with van der Waals surface area (Å²) in [4.78, 5) is 9.30. The summed E-state index contributed by atoms with van der Waals surface area (Å²) in [5.74, 6) is 5.97. The Balaban J connectivity index is 0.000000169. The molecule has 2 saturated heterocycles. The number of piperazine rings is 2. The Bertz CT molecular complexity index is 3010. The van der Waals surface area contributed by atoms with Crippen molar-refractivity contribution in [2.45, 2.75) is 128 Å². The third kappa shape index (κ3) is 8.39. The zero-order valence-corrected chi connectivity index (χ0v) is 47.8. The van der Waals surface area contributed by atoms with Gasteiger partial charge in [-0.25, -0.2) is 0 Å². The van der Waals surface area contributed by atoms with E-state index < -0.39 is 12.1 Å². The normalized spacial score (nSPS) is 26.4. The molecule has 4 aromatic rings. The molecule has 0 aliphatic carbocycles. The molecule has 4 unspecified atom stereocenters. The van der Waals surface area contributed by atoms with Gasteiger partial charge in [-0.05, 0) is 115 Å². The number of hydrogen-bond acceptors (Lipinski definition) is 18. The molecule has 0 radical (unpaired) electrons. The number of nitrogens with zero attached hydrogens (tertiary/aromatic N) is 6. The maximum atomic E-state index is 11.0. The summed E-state index contributed by atoms with van der Waals surface area (Å²) in [7, 11) is 7.52. The first-order valence-corrected chi connectivity index (χ1v) is 27.7. The lowest BCUT2D eigenvalue weighted by molar-refractivity contribution is -0.0831. The van der Waals surface area contributed by atoms with E-state index in [4.69, 9.17) is 53.1 Å². The fraction of sp³-hybridized carbons (Fsp3) is 0.516. The number of aryl methyl sites for hydroxylation is 2. The molecule has 10 atom stereocenters. The summed E-state index contributed by atoms with van der Waals surface area (Å²) < 4.78 is 59.7. The van der Waals surface area contributed by atoms with Crippen molar-refractivity contribution in [1.82, 2.24) is 19.6 Å². The molecule has 8 heterocycles. The van der Waals surface area contributed by atoms with Crippen molar-refractivity contribution in [3.05, 3.63) is 115 Å². The quantitative estimate of drug-likeness (QED) is 0.0943. The zero-order chi connectivity index (χ0) is 56.6. The van der Waals surface area contributed by atoms with Crippen LogP contribution in [-0.2, 0) is 35.2 Å². The molecule has 4 aromatic carbocycles. The lowest BCUT2D eigenvalue weighted by Gasteiger charge is -2.60. The first-order chi connectivity index (χ1) is 38.7. The molecule has 0 amide bonds. The molecule has 424 valence electrons. The minimum absolute atomic E-state index is 0.00103. The van der Waals surface area contributed by atoms with Crippen LogP contribution in [0.1, 0.15) is 102 Å². The van der Waals surface area contributed by atoms with E-state index in [2.05, 4.69) is 98.8 Å². The van der Waals surface area contributed by atoms with E-state index in [0.717, 1.165) is 90.8 Å². The van der Waals surface area contributed by atoms with Crippen LogP contribution in [0.4, 0.5) is 0 Å². The van der Waals surface area contributed by atoms with E-state index in [-0.39, 0.29) is 82.1 Å². The third-order valence-corrected chi connectivity index (χ3v) is 18.5. The van der Waals surface area contributed by atoms with Crippen LogP contribution in [-0.4, -0.2) is 143 Å². The Morgan fingerprint density at radius 1 is 0.588 bits per heavy atom. The lowest BCUT2D eigenvalue weighted by atomic mass is 9.71. The van der Waals surface area contributed by atoms with Crippen LogP contribution in [0.2, 0.25) is 0 Å². The summed E-state index contributed by atoms with van der Waals surface area (Å²) in [5.41, 5.74) is 21.5. The third-order valence-electron chi connectivity index (χ3n) is 18.5. The highest BCUT2D eigenvalue weighted by molar-refractivity contribution is 5.68. The first-order valence-electron chi connectivity index (χ1n) is 27.7. The molecule has 12 rings (SSSR count). The van der Waals surface area contributed by atoms with Gasteiger partial charge in [0.05, 0.1) is 42.9 Å². The molecular formula is C62H75N7O11. The van der Waals surface area contributed by atoms with Gasteiger partial charge >= 0.3 is 0 Å². The summed E-state index contributed by atoms with van der Waals surface area (Å²) >= 11 is 0. The van der Waals surface area contributed by atoms with Crippen molar-refractivity contribution in [3.8, 4) is 58.1 Å². The second-order valence-electron chi connectivity index (χ2n) is 22.4. The largest absolute Gasteiger partial charge is 0.489 e. The maximum absolute atomic E-state index is 11.0. The number of hydrogen-bond donors (Lipinski definition) is 2. The molecule has 18 heteroatoms. The summed E-state index contributed by atoms with van der Waals surface area (Å²) in [6, 6.07) is 7.99. The number of nitrogens with two attached hydrogens (primary N) is 1. The second kappa shape index (κ2) is 22.1. The van der Waals surface area contributed by atoms with Crippen molar-refractivity contribution in [2.24, 2.45) is 5.73 Å². The second-order valence-corrected chi connectivity index (χ2v) is 22.4. The van der Waals surface area contributed by atoms with Gasteiger partial charge in [0, 0.05) is 89.4 Å². The minimum Gasteiger partial charge on any atom is -0.489 e. The number of ether oxygens (including phenoxy) is 10. The van der Waals surface area contributed by atoms with Crippen molar-refractivity contribution in [1.29, 1.82) is 10.5 Å². The smallest absolute Gasteiger partial charge is 0.231 e. The number of nitriles is 2. The monoisotopic (exact) mass is 1090 g/mol. The summed E-state index contributed by atoms with van der Waals surface area (Å²) in [6.45, 7) is 21.5. The molecule has 0 aromatic heterocycles. The maximum Gasteiger partial charge on any atom is 0.231 e. The summed E-state index contributed by atoms with van der Waals surface area (Å²) in [6.07, 6.45) is 6.19. The van der Waals surface area contributed by atoms with Crippen LogP contribution in [0.3, 0.4) is 0 Å². The van der Waals surface area contributed by atoms with E-state index >= 15 is 0 Å². The molecular weight excluding hydrogens is 1020 g/mol. The van der Waals surface area contributed by atoms with Gasteiger partial charge in [0.25, 0.3) is 0 Å². The van der Waals surface area contributed by atoms with Crippen LogP contribution in [0.25, 0.3) is 0 Å². The van der Waals surface area contributed by atoms with Crippen LogP contribution in [0, 0.1) is 64.2 Å². The lowest BCUT2D eigenvalue weighted by Crippen LogP contribution is -2.68. The predicted octanol–water partition coefficient (Wildman–Crippen LogP) is 7.27. The molecule has 2 fully saturated rings. The fourth-order valence-electron chi connectivity index (χ4n) is 15.0. The van der Waals surface area contributed by atoms with Crippen molar-refractivity contribution in [3.63, 3.8) is 0 Å². The Morgan fingerprint density at radius 3 is 1.39 bits per heavy atom. The van der Waals surface area contributed by atoms with E-state index in [9.17, 15) is 15.6 Å². The van der Waals surface area contributed by atoms with Crippen molar-refractivity contribution >= 4 is 0 Å². The van der Waals surface area contributed by atoms with Crippen LogP contribution >= 0.6 is 0 Å². The standard InChI is InChI=1S/C31H38N4O5.C31H37N3O6/c1-7-8-37-28-18(4)30-31(40-15-39-30)26-20(28)11-22-27-25-19(9-16(2)17(3)29(25)38-14-36-6)10-21(34(27)5)23(12-32)35(22)24(26)13-33;1-7-8-37-28-18(4)30-31(40-15-39-30)26-20(28)11-22-27-25-19(9-16(2)17(3)29(25)38-14-36-6)10-21(33(27)5)23(12-32)34(22)24(26)13-35/h7,9,21-24,27H,1,8,10-11,13-15,33H2,2-6H3;7,9,21-24,27,35H,1,8,10-11,13-15H2,2-6H3/t2*21-,22?,23-,24-,27?/m00/s1. The highest BCUT2D eigenvalue weighted by atomic mass is 16.7. The topological polar surface area (TPSA) is 199 Å². The Labute approximate surface area is 469 Å². The number of likely N-dealkylation sites (N-methyl/N-ethyl adjacent to an activating group) is 2. The van der Waals surface area contributed by atoms with Gasteiger partial charge in [0.2, 0.25) is 13.6 Å². The molecule has 3 N–H and O–H groups in total. The van der Waals surface area contributed by atoms with Gasteiger partial charge in [-0.15, -0.1) is 0 Å². The molecule has 80 heavy (non-hydrogen) atoms. The molecule has 4 bridgehead atoms. The number of aliphatic hydroxyl groups is 1. The van der Waals surface area contributed by atoms with Crippen molar-refractivity contribution < 1.29 is 52.5 Å². The number of fused-ring (bicyclic) bond motifs is 18. The average Bonchev–Trinajstić information content (AvgIpc) is 4.07. The highest BCUT2D eigenvalue weighted by Gasteiger charge is 2.59. The molecule has 0 spiro atoms. The average molecular weight is 1090 g/mol. The van der Waals surface area contributed by atoms with E-state index in [0.29, 0.717) is 56.3 Å². The van der Waals surface area contributed by atoms with Gasteiger partial charge < -0.3 is 58.2 Å². The zero-order valence-electron chi connectivity index (χ0n) is 47.8. The van der Waals surface area contributed by atoms with E-state index in [1.54, 1.807) is 26.4 Å². The van der Waals surface area contributed by atoms with Gasteiger partial charge in [0.15, 0.2) is 36.6 Å². The first kappa shape index (κ1) is 55.3. The van der Waals surface area contributed by atoms with Crippen molar-refractivity contribution in [2.75, 3.05) is 81.9 Å². The molecule has 8 aliphatic heterocycles. The number of methoxy groups -OCH3 is 2. The SMILES string of the molecule is C=CCOc1c(C)c2c(c3c1CC1C4c5c(cc(C)c(C)c5OCOC)C[C@@H]([C@H](C#N)N1[C@H]3CN)N4C)OCO2.C=CCOc1c(C)c2c(c3c1CC1C4c5c(cc(C)c(C)c5OCOC)C[C@@H]([C@H](C#N)N1[C@H]3CO)N4C)OCO2. The molecule has 8 aliphatic rings. The van der Waals surface area contributed by atoms with Gasteiger partial charge in [-0.1, -0.05) is 37.4 Å². The number of benzene rings is 4. The van der Waals surface area contributed by atoms with Crippen LogP contribution < -0.4 is 43.6 Å². The van der Waals surface area contributed by atoms with Gasteiger partial charge in [-0.3, -0.25) is 19.6 Å². The summed E-state index contributed by atoms with van der Waals surface area (Å²) in [5, 5.41) is 32.2. The Kier molecular flexibility index (Phi) is 15.3. The Morgan fingerprint density at radius 2 is 1.00 bits per heavy atom. The van der Waals surface area contributed by atoms with Gasteiger partial charge in [0.1, 0.15) is 48.3 Å². The van der Waals surface area contributed by atoms with Crippen LogP contribution in [0.15, 0.2) is 37.4 Å². The van der Waals surface area contributed by atoms with E-state index in [1.807, 2.05) is 13.8 Å². The van der Waals surface area contributed by atoms with Crippen LogP contribution in [0.5, 0.6) is 46.0 Å². The highest BCUT2D eigenvalue weighted by Crippen LogP contribution is 2.60. The number of rotatable bonds is 14. The molecule has 0 saturated carbocycles.